The van der Waals surface area contributed by atoms with Gasteiger partial charge < -0.3 is 10.2 Å². The van der Waals surface area contributed by atoms with Crippen LogP contribution in [0, 0.1) is 35.5 Å². The molecule has 1 spiro atoms. The third-order valence-electron chi connectivity index (χ3n) is 8.60. The summed E-state index contributed by atoms with van der Waals surface area (Å²) in [5.41, 5.74) is 0.988. The lowest BCUT2D eigenvalue weighted by Crippen LogP contribution is -2.39. The lowest BCUT2D eigenvalue weighted by atomic mass is 9.76. The van der Waals surface area contributed by atoms with Crippen molar-refractivity contribution in [2.75, 3.05) is 0 Å². The molecule has 0 amide bonds. The molecule has 4 fully saturated rings. The molecule has 0 bridgehead atoms. The number of phenols is 1. The summed E-state index contributed by atoms with van der Waals surface area (Å²) < 4.78 is 41.0. The number of hydrogen-bond donors (Lipinski definition) is 2. The number of nitrogens with zero attached hydrogens (tertiary/aromatic N) is 3. The van der Waals surface area contributed by atoms with Crippen LogP contribution in [0.1, 0.15) is 24.0 Å². The highest BCUT2D eigenvalue weighted by atomic mass is 19.4. The lowest BCUT2D eigenvalue weighted by molar-refractivity contribution is -0.137. The molecule has 6 unspecified atom stereocenters. The predicted octanol–water partition coefficient (Wildman–Crippen LogP) is 4.15. The monoisotopic (exact) mass is 427 g/mol. The van der Waals surface area contributed by atoms with Gasteiger partial charge in [0.05, 0.1) is 17.4 Å². The van der Waals surface area contributed by atoms with Crippen LogP contribution in [-0.4, -0.2) is 31.1 Å². The number of pyridine rings is 1. The highest BCUT2D eigenvalue weighted by molar-refractivity contribution is 5.80. The minimum atomic E-state index is -4.52. The topological polar surface area (TPSA) is 71.2 Å². The fourth-order valence-electron chi connectivity index (χ4n) is 7.39. The molecular weight excluding hydrogens is 407 g/mol. The van der Waals surface area contributed by atoms with Crippen molar-refractivity contribution < 1.29 is 23.4 Å². The number of aromatic hydroxyl groups is 1. The fraction of sp³-hybridized carbons (Fsp3) is 0.478. The maximum Gasteiger partial charge on any atom is 0.416 e. The van der Waals surface area contributed by atoms with Crippen LogP contribution in [-0.2, 0) is 12.7 Å². The van der Waals surface area contributed by atoms with E-state index in [0.29, 0.717) is 34.7 Å². The molecule has 2 N–H and O–H groups in total. The zero-order valence-electron chi connectivity index (χ0n) is 16.7. The van der Waals surface area contributed by atoms with Crippen molar-refractivity contribution in [1.82, 2.24) is 14.8 Å². The Kier molecular flexibility index (Phi) is 2.94. The molecule has 160 valence electrons. The Balaban J connectivity index is 1.22. The number of hydrogen-bond acceptors (Lipinski definition) is 4. The van der Waals surface area contributed by atoms with Crippen molar-refractivity contribution in [3.05, 3.63) is 41.6 Å². The average Bonchev–Trinajstić information content (AvgIpc) is 3.49. The van der Waals surface area contributed by atoms with Gasteiger partial charge in [-0.15, -0.1) is 0 Å². The summed E-state index contributed by atoms with van der Waals surface area (Å²) in [5.74, 6) is 1.28. The van der Waals surface area contributed by atoms with Crippen LogP contribution in [0.15, 0.2) is 30.5 Å². The Morgan fingerprint density at radius 2 is 2.03 bits per heavy atom. The van der Waals surface area contributed by atoms with Crippen molar-refractivity contribution in [2.45, 2.75) is 38.6 Å². The Bertz CT molecular complexity index is 1280. The van der Waals surface area contributed by atoms with Gasteiger partial charge in [0.25, 0.3) is 0 Å². The normalized spacial score (nSPS) is 36.8. The molecule has 6 atom stereocenters. The summed E-state index contributed by atoms with van der Waals surface area (Å²) in [6.07, 6.45) is -0.366. The zero-order valence-corrected chi connectivity index (χ0v) is 16.7. The number of alkyl halides is 3. The molecule has 2 aromatic heterocycles. The van der Waals surface area contributed by atoms with Gasteiger partial charge in [-0.05, 0) is 72.8 Å². The van der Waals surface area contributed by atoms with Crippen molar-refractivity contribution in [2.24, 2.45) is 28.6 Å². The van der Waals surface area contributed by atoms with Crippen LogP contribution in [0.3, 0.4) is 0 Å². The summed E-state index contributed by atoms with van der Waals surface area (Å²) in [5, 5.41) is 26.2. The molecular formula is C23H20F3N3O2. The molecule has 4 aliphatic rings. The van der Waals surface area contributed by atoms with E-state index in [0.717, 1.165) is 24.1 Å². The number of aliphatic hydroxyl groups excluding tert-OH is 1. The lowest BCUT2D eigenvalue weighted by Gasteiger charge is -2.33. The molecule has 5 nitrogen and oxygen atoms in total. The molecule has 4 saturated carbocycles. The maximum atomic E-state index is 13.0. The number of rotatable bonds is 3. The number of aryl methyl sites for hydroxylation is 1. The number of phenolic OH excluding ortho intramolecular Hbond substituents is 1. The Morgan fingerprint density at radius 3 is 2.71 bits per heavy atom. The predicted molar refractivity (Wildman–Crippen MR) is 105 cm³/mol. The van der Waals surface area contributed by atoms with E-state index in [1.807, 2.05) is 16.9 Å². The van der Waals surface area contributed by atoms with Gasteiger partial charge in [-0.2, -0.15) is 18.3 Å². The number of fused-ring (bicyclic) bond motifs is 2. The largest absolute Gasteiger partial charge is 0.507 e. The van der Waals surface area contributed by atoms with E-state index in [1.165, 1.54) is 19.8 Å². The summed E-state index contributed by atoms with van der Waals surface area (Å²) >= 11 is 0. The second kappa shape index (κ2) is 5.06. The van der Waals surface area contributed by atoms with Gasteiger partial charge in [0.1, 0.15) is 5.75 Å². The molecule has 7 rings (SSSR count). The second-order valence-corrected chi connectivity index (χ2v) is 10.0. The highest BCUT2D eigenvalue weighted by Gasteiger charge is 2.96. The quantitative estimate of drug-likeness (QED) is 0.659. The van der Waals surface area contributed by atoms with Crippen LogP contribution < -0.4 is 0 Å². The molecule has 4 aliphatic carbocycles. The first kappa shape index (κ1) is 18.0. The first-order chi connectivity index (χ1) is 14.6. The van der Waals surface area contributed by atoms with E-state index in [1.54, 1.807) is 6.07 Å². The van der Waals surface area contributed by atoms with Crippen LogP contribution in [0.4, 0.5) is 13.2 Å². The molecule has 0 radical (unpaired) electrons. The van der Waals surface area contributed by atoms with Crippen molar-refractivity contribution >= 4 is 11.0 Å². The van der Waals surface area contributed by atoms with Gasteiger partial charge >= 0.3 is 6.18 Å². The Labute approximate surface area is 175 Å². The second-order valence-electron chi connectivity index (χ2n) is 10.0. The van der Waals surface area contributed by atoms with Gasteiger partial charge in [0, 0.05) is 29.1 Å². The van der Waals surface area contributed by atoms with E-state index in [4.69, 9.17) is 0 Å². The molecule has 8 heteroatoms. The maximum absolute atomic E-state index is 13.0. The fourth-order valence-corrected chi connectivity index (χ4v) is 7.39. The van der Waals surface area contributed by atoms with E-state index in [2.05, 4.69) is 10.1 Å². The minimum Gasteiger partial charge on any atom is -0.507 e. The van der Waals surface area contributed by atoms with E-state index < -0.39 is 17.5 Å². The van der Waals surface area contributed by atoms with Gasteiger partial charge in [0.2, 0.25) is 0 Å². The van der Waals surface area contributed by atoms with Gasteiger partial charge in [0.15, 0.2) is 5.65 Å². The molecule has 0 saturated heterocycles. The van der Waals surface area contributed by atoms with Gasteiger partial charge in [-0.25, -0.2) is 4.98 Å². The molecule has 31 heavy (non-hydrogen) atoms. The number of benzene rings is 1. The first-order valence-electron chi connectivity index (χ1n) is 10.6. The van der Waals surface area contributed by atoms with E-state index in [-0.39, 0.29) is 22.5 Å². The number of halogens is 3. The molecule has 2 heterocycles. The van der Waals surface area contributed by atoms with Crippen LogP contribution in [0.5, 0.6) is 5.75 Å². The average molecular weight is 427 g/mol. The third-order valence-corrected chi connectivity index (χ3v) is 8.60. The summed E-state index contributed by atoms with van der Waals surface area (Å²) in [7, 11) is 0. The van der Waals surface area contributed by atoms with E-state index >= 15 is 0 Å². The van der Waals surface area contributed by atoms with E-state index in [9.17, 15) is 23.4 Å². The smallest absolute Gasteiger partial charge is 0.416 e. The third kappa shape index (κ3) is 2.02. The van der Waals surface area contributed by atoms with Crippen molar-refractivity contribution in [3.63, 3.8) is 0 Å². The highest BCUT2D eigenvalue weighted by Crippen LogP contribution is 2.96. The Morgan fingerprint density at radius 1 is 1.23 bits per heavy atom. The van der Waals surface area contributed by atoms with Crippen LogP contribution >= 0.6 is 0 Å². The SMILES string of the molecule is Cc1cc(C(F)(F)F)cc(O)c1-c1ccc2cn(CC34CC5CC56C(O)C3C46)nc2n1. The first-order valence-corrected chi connectivity index (χ1v) is 10.6. The minimum absolute atomic E-state index is 0.142. The standard InChI is InChI=1S/C23H20F3N3O2/c1-10-4-12(23(24,25)26)5-15(30)16(10)14-3-2-11-8-29(28-20(11)27-14)9-21-6-13-7-22(13)18(21)17(21)19(22)31/h2-5,8,13,17-19,30-31H,6-7,9H2,1H3. The number of aliphatic hydroxyl groups is 1. The van der Waals surface area contributed by atoms with Crippen LogP contribution in [0.2, 0.25) is 0 Å². The summed E-state index contributed by atoms with van der Waals surface area (Å²) in [4.78, 5) is 4.53. The molecule has 3 aromatic rings. The van der Waals surface area contributed by atoms with Crippen LogP contribution in [0.25, 0.3) is 22.3 Å². The molecule has 1 aromatic carbocycles. The zero-order chi connectivity index (χ0) is 21.5. The van der Waals surface area contributed by atoms with Gasteiger partial charge in [-0.1, -0.05) is 0 Å². The van der Waals surface area contributed by atoms with Crippen molar-refractivity contribution in [3.8, 4) is 17.0 Å². The molecule has 0 aliphatic heterocycles. The summed E-state index contributed by atoms with van der Waals surface area (Å²) in [6.45, 7) is 2.30. The van der Waals surface area contributed by atoms with Crippen molar-refractivity contribution in [1.29, 1.82) is 0 Å². The summed E-state index contributed by atoms with van der Waals surface area (Å²) in [6, 6.07) is 5.29. The Hall–Kier alpha value is -2.61. The number of aromatic nitrogens is 3. The van der Waals surface area contributed by atoms with Gasteiger partial charge in [-0.3, -0.25) is 4.68 Å².